The van der Waals surface area contributed by atoms with Crippen LogP contribution in [0.15, 0.2) is 35.4 Å². The molecule has 0 bridgehead atoms. The fourth-order valence-electron chi connectivity index (χ4n) is 2.45. The number of fused-ring (bicyclic) bond motifs is 1. The van der Waals surface area contributed by atoms with Gasteiger partial charge in [0, 0.05) is 6.54 Å². The van der Waals surface area contributed by atoms with Crippen molar-refractivity contribution in [3.63, 3.8) is 0 Å². The summed E-state index contributed by atoms with van der Waals surface area (Å²) in [6.45, 7) is 0.147. The van der Waals surface area contributed by atoms with Gasteiger partial charge in [-0.2, -0.15) is 0 Å². The lowest BCUT2D eigenvalue weighted by molar-refractivity contribution is -0.124. The van der Waals surface area contributed by atoms with Crippen LogP contribution < -0.4 is 10.9 Å². The van der Waals surface area contributed by atoms with Crippen molar-refractivity contribution in [2.75, 3.05) is 6.54 Å². The van der Waals surface area contributed by atoms with Gasteiger partial charge < -0.3 is 10.4 Å². The average molecular weight is 287 g/mol. The third-order valence-corrected chi connectivity index (χ3v) is 3.94. The van der Waals surface area contributed by atoms with Gasteiger partial charge in [-0.25, -0.2) is 4.98 Å². The molecule has 2 aromatic rings. The van der Waals surface area contributed by atoms with E-state index in [4.69, 9.17) is 0 Å². The van der Waals surface area contributed by atoms with Crippen molar-refractivity contribution in [3.05, 3.63) is 40.9 Å². The van der Waals surface area contributed by atoms with Crippen molar-refractivity contribution in [2.24, 2.45) is 0 Å². The molecule has 1 amide bonds. The molecule has 0 radical (unpaired) electrons. The van der Waals surface area contributed by atoms with Crippen molar-refractivity contribution in [2.45, 2.75) is 31.4 Å². The molecule has 1 heterocycles. The third-order valence-electron chi connectivity index (χ3n) is 3.94. The molecule has 110 valence electrons. The van der Waals surface area contributed by atoms with Crippen LogP contribution in [0.2, 0.25) is 0 Å². The average Bonchev–Trinajstić information content (AvgIpc) is 2.46. The number of aliphatic hydroxyl groups is 1. The molecule has 0 saturated heterocycles. The van der Waals surface area contributed by atoms with E-state index in [2.05, 4.69) is 10.3 Å². The van der Waals surface area contributed by atoms with Gasteiger partial charge in [0.1, 0.15) is 6.54 Å². The summed E-state index contributed by atoms with van der Waals surface area (Å²) in [6, 6.07) is 7.02. The van der Waals surface area contributed by atoms with Crippen LogP contribution in [0, 0.1) is 0 Å². The minimum Gasteiger partial charge on any atom is -0.388 e. The Bertz CT molecular complexity index is 734. The summed E-state index contributed by atoms with van der Waals surface area (Å²) >= 11 is 0. The molecule has 1 aromatic carbocycles. The van der Waals surface area contributed by atoms with E-state index in [1.54, 1.807) is 18.2 Å². The zero-order chi connectivity index (χ0) is 14.9. The minimum atomic E-state index is -0.762. The maximum atomic E-state index is 12.2. The van der Waals surface area contributed by atoms with Crippen LogP contribution in [-0.2, 0) is 11.3 Å². The molecule has 0 unspecified atom stereocenters. The Balaban J connectivity index is 1.71. The maximum Gasteiger partial charge on any atom is 0.261 e. The van der Waals surface area contributed by atoms with E-state index in [1.165, 1.54) is 10.9 Å². The lowest BCUT2D eigenvalue weighted by Gasteiger charge is -2.36. The maximum absolute atomic E-state index is 12.2. The van der Waals surface area contributed by atoms with Crippen LogP contribution in [0.25, 0.3) is 10.9 Å². The molecule has 6 nitrogen and oxygen atoms in total. The van der Waals surface area contributed by atoms with Crippen molar-refractivity contribution >= 4 is 16.8 Å². The Morgan fingerprint density at radius 1 is 1.38 bits per heavy atom. The fraction of sp³-hybridized carbons (Fsp3) is 0.400. The van der Waals surface area contributed by atoms with E-state index in [0.717, 1.165) is 6.42 Å². The highest BCUT2D eigenvalue weighted by atomic mass is 16.3. The van der Waals surface area contributed by atoms with E-state index in [1.807, 2.05) is 6.07 Å². The van der Waals surface area contributed by atoms with Crippen LogP contribution in [0.1, 0.15) is 19.3 Å². The van der Waals surface area contributed by atoms with Crippen LogP contribution in [-0.4, -0.2) is 32.7 Å². The molecule has 0 aliphatic heterocycles. The molecule has 1 aliphatic rings. The molecule has 0 atom stereocenters. The molecule has 21 heavy (non-hydrogen) atoms. The Kier molecular flexibility index (Phi) is 3.47. The van der Waals surface area contributed by atoms with Gasteiger partial charge >= 0.3 is 0 Å². The number of hydrogen-bond acceptors (Lipinski definition) is 4. The largest absolute Gasteiger partial charge is 0.388 e. The number of aromatic nitrogens is 2. The summed E-state index contributed by atoms with van der Waals surface area (Å²) in [5.74, 6) is -0.297. The number of nitrogens with zero attached hydrogens (tertiary/aromatic N) is 2. The predicted octanol–water partition coefficient (Wildman–Crippen LogP) is 0.428. The van der Waals surface area contributed by atoms with Gasteiger partial charge in [0.15, 0.2) is 0 Å². The van der Waals surface area contributed by atoms with Gasteiger partial charge in [-0.1, -0.05) is 12.1 Å². The molecule has 1 aromatic heterocycles. The van der Waals surface area contributed by atoms with Gasteiger partial charge in [0.25, 0.3) is 5.56 Å². The summed E-state index contributed by atoms with van der Waals surface area (Å²) in [7, 11) is 0. The Morgan fingerprint density at radius 2 is 2.14 bits per heavy atom. The highest BCUT2D eigenvalue weighted by molar-refractivity contribution is 5.78. The van der Waals surface area contributed by atoms with Gasteiger partial charge in [0.05, 0.1) is 22.8 Å². The Labute approximate surface area is 121 Å². The van der Waals surface area contributed by atoms with Crippen molar-refractivity contribution in [1.29, 1.82) is 0 Å². The van der Waals surface area contributed by atoms with Crippen LogP contribution in [0.4, 0.5) is 0 Å². The normalized spacial score (nSPS) is 16.4. The van der Waals surface area contributed by atoms with Gasteiger partial charge in [-0.3, -0.25) is 14.2 Å². The highest BCUT2D eigenvalue weighted by Gasteiger charge is 2.34. The summed E-state index contributed by atoms with van der Waals surface area (Å²) in [5.41, 5.74) is -0.386. The number of carbonyl (C=O) groups excluding carboxylic acids is 1. The molecular weight excluding hydrogens is 270 g/mol. The number of carbonyl (C=O) groups is 1. The van der Waals surface area contributed by atoms with E-state index in [0.29, 0.717) is 23.7 Å². The minimum absolute atomic E-state index is 0.0905. The van der Waals surface area contributed by atoms with E-state index in [-0.39, 0.29) is 24.6 Å². The summed E-state index contributed by atoms with van der Waals surface area (Å²) in [4.78, 5) is 28.3. The molecule has 2 N–H and O–H groups in total. The van der Waals surface area contributed by atoms with Crippen molar-refractivity contribution in [3.8, 4) is 0 Å². The zero-order valence-electron chi connectivity index (χ0n) is 11.6. The van der Waals surface area contributed by atoms with Gasteiger partial charge in [-0.15, -0.1) is 0 Å². The smallest absolute Gasteiger partial charge is 0.261 e. The first kappa shape index (κ1) is 13.8. The van der Waals surface area contributed by atoms with Crippen LogP contribution in [0.3, 0.4) is 0 Å². The number of nitrogens with one attached hydrogen (secondary N) is 1. The number of benzene rings is 1. The van der Waals surface area contributed by atoms with Crippen molar-refractivity contribution < 1.29 is 9.90 Å². The summed E-state index contributed by atoms with van der Waals surface area (Å²) in [5, 5.41) is 13.1. The molecule has 1 aliphatic carbocycles. The number of amides is 1. The second-order valence-electron chi connectivity index (χ2n) is 5.55. The number of rotatable bonds is 4. The van der Waals surface area contributed by atoms with Crippen molar-refractivity contribution in [1.82, 2.24) is 14.9 Å². The molecular formula is C15H17N3O3. The summed E-state index contributed by atoms with van der Waals surface area (Å²) in [6.07, 6.45) is 3.79. The fourth-order valence-corrected chi connectivity index (χ4v) is 2.45. The Morgan fingerprint density at radius 3 is 2.86 bits per heavy atom. The molecule has 3 rings (SSSR count). The lowest BCUT2D eigenvalue weighted by atomic mass is 9.80. The summed E-state index contributed by atoms with van der Waals surface area (Å²) < 4.78 is 1.28. The number of para-hydroxylation sites is 1. The standard InChI is InChI=1S/C15H17N3O3/c19-13(16-9-15(21)6-3-7-15)8-18-10-17-12-5-2-1-4-11(12)14(18)20/h1-2,4-5,10,21H,3,6-9H2,(H,16,19). The number of hydrogen-bond donors (Lipinski definition) is 2. The second-order valence-corrected chi connectivity index (χ2v) is 5.55. The topological polar surface area (TPSA) is 84.2 Å². The van der Waals surface area contributed by atoms with E-state index in [9.17, 15) is 14.7 Å². The molecule has 0 spiro atoms. The monoisotopic (exact) mass is 287 g/mol. The third kappa shape index (κ3) is 2.80. The van der Waals surface area contributed by atoms with Crippen LogP contribution >= 0.6 is 0 Å². The SMILES string of the molecule is O=C(Cn1cnc2ccccc2c1=O)NCC1(O)CCC1. The first-order chi connectivity index (χ1) is 10.1. The van der Waals surface area contributed by atoms with Gasteiger partial charge in [-0.05, 0) is 31.4 Å². The zero-order valence-corrected chi connectivity index (χ0v) is 11.6. The molecule has 6 heteroatoms. The van der Waals surface area contributed by atoms with Gasteiger partial charge in [0.2, 0.25) is 5.91 Å². The molecule has 1 saturated carbocycles. The lowest BCUT2D eigenvalue weighted by Crippen LogP contribution is -2.48. The quantitative estimate of drug-likeness (QED) is 0.854. The molecule has 1 fully saturated rings. The Hall–Kier alpha value is -2.21. The first-order valence-corrected chi connectivity index (χ1v) is 7.01. The highest BCUT2D eigenvalue weighted by Crippen LogP contribution is 2.30. The van der Waals surface area contributed by atoms with Crippen LogP contribution in [0.5, 0.6) is 0 Å². The van der Waals surface area contributed by atoms with E-state index >= 15 is 0 Å². The second kappa shape index (κ2) is 5.29. The predicted molar refractivity (Wildman–Crippen MR) is 77.8 cm³/mol. The first-order valence-electron chi connectivity index (χ1n) is 7.01. The van der Waals surface area contributed by atoms with E-state index < -0.39 is 5.60 Å².